The minimum atomic E-state index is -5.33. The normalized spacial score (nSPS) is 11.2. The van der Waals surface area contributed by atoms with E-state index in [0.717, 1.165) is 5.56 Å². The summed E-state index contributed by atoms with van der Waals surface area (Å²) >= 11 is 0. The Labute approximate surface area is 203 Å². The quantitative estimate of drug-likeness (QED) is 0.150. The molecule has 4 N–H and O–H groups in total. The summed E-state index contributed by atoms with van der Waals surface area (Å²) in [5.74, 6) is -3.68. The molecule has 0 unspecified atom stereocenters. The lowest BCUT2D eigenvalue weighted by atomic mass is 10.1. The second-order valence-corrected chi connectivity index (χ2v) is 7.71. The average molecular weight is 504 g/mol. The number of esters is 2. The van der Waals surface area contributed by atoms with Crippen LogP contribution >= 0.6 is 0 Å². The van der Waals surface area contributed by atoms with Crippen LogP contribution in [0.1, 0.15) is 17.5 Å². The molecule has 0 bridgehead atoms. The number of ether oxygens (including phenoxy) is 2. The van der Waals surface area contributed by atoms with Gasteiger partial charge in [-0.15, -0.1) is 0 Å². The van der Waals surface area contributed by atoms with E-state index in [2.05, 4.69) is 9.73 Å². The predicted molar refractivity (Wildman–Crippen MR) is 125 cm³/mol. The van der Waals surface area contributed by atoms with Gasteiger partial charge in [-0.1, -0.05) is 30.3 Å². The molecule has 190 valence electrons. The summed E-state index contributed by atoms with van der Waals surface area (Å²) in [5.41, 5.74) is 11.1. The molecule has 0 radical (unpaired) electrons. The Morgan fingerprint density at radius 3 is 2.42 bits per heavy atom. The number of aliphatic imine (C=N–C) groups is 1. The summed E-state index contributed by atoms with van der Waals surface area (Å²) in [7, 11) is 0. The Hall–Kier alpha value is -4.35. The van der Waals surface area contributed by atoms with E-state index in [-0.39, 0.29) is 18.1 Å². The van der Waals surface area contributed by atoms with Crippen LogP contribution in [0.25, 0.3) is 10.9 Å². The van der Waals surface area contributed by atoms with Gasteiger partial charge >= 0.3 is 18.1 Å². The van der Waals surface area contributed by atoms with Crippen molar-refractivity contribution in [3.05, 3.63) is 76.1 Å². The van der Waals surface area contributed by atoms with E-state index in [1.807, 2.05) is 6.07 Å². The first-order chi connectivity index (χ1) is 17.0. The van der Waals surface area contributed by atoms with Crippen molar-refractivity contribution in [1.82, 2.24) is 4.57 Å². The summed E-state index contributed by atoms with van der Waals surface area (Å²) in [5, 5.41) is 0.531. The number of carbonyl (C=O) groups excluding carboxylic acids is 2. The van der Waals surface area contributed by atoms with E-state index < -0.39 is 30.1 Å². The highest BCUT2D eigenvalue weighted by atomic mass is 19.4. The smallest absolute Gasteiger partial charge is 0.491 e. The van der Waals surface area contributed by atoms with Crippen molar-refractivity contribution in [1.29, 1.82) is 0 Å². The third kappa shape index (κ3) is 7.08. The number of guanidine groups is 1. The minimum Gasteiger partial charge on any atom is -0.493 e. The molecule has 12 heteroatoms. The van der Waals surface area contributed by atoms with Crippen LogP contribution in [0.4, 0.5) is 13.2 Å². The van der Waals surface area contributed by atoms with Crippen LogP contribution in [0.15, 0.2) is 64.4 Å². The zero-order valence-corrected chi connectivity index (χ0v) is 19.0. The topological polar surface area (TPSA) is 139 Å². The van der Waals surface area contributed by atoms with Gasteiger partial charge in [0.25, 0.3) is 5.56 Å². The minimum absolute atomic E-state index is 0.0203. The highest BCUT2D eigenvalue weighted by Crippen LogP contribution is 2.23. The molecule has 0 atom stereocenters. The first kappa shape index (κ1) is 26.3. The zero-order valence-electron chi connectivity index (χ0n) is 19.0. The van der Waals surface area contributed by atoms with Crippen LogP contribution < -0.4 is 21.8 Å². The molecule has 0 spiro atoms. The average Bonchev–Trinajstić information content (AvgIpc) is 2.81. The van der Waals surface area contributed by atoms with Crippen molar-refractivity contribution in [2.75, 3.05) is 13.2 Å². The van der Waals surface area contributed by atoms with Crippen molar-refractivity contribution < 1.29 is 32.2 Å². The standard InChI is InChI=1S/C24H23F3N4O5/c25-24(26,27)22(34)36-20(32)12-17-11-16-7-8-18(35-10-4-9-30-23(28)29)13-19(16)31(21(17)33)14-15-5-2-1-3-6-15/h1-3,5-8,11,13H,4,9-10,12,14H2,(H4,28,29,30). The Morgan fingerprint density at radius 2 is 1.75 bits per heavy atom. The number of nitrogens with two attached hydrogens (primary N) is 2. The maximum absolute atomic E-state index is 13.2. The molecule has 1 heterocycles. The zero-order chi connectivity index (χ0) is 26.3. The highest BCUT2D eigenvalue weighted by molar-refractivity contribution is 5.90. The molecule has 3 aromatic rings. The lowest BCUT2D eigenvalue weighted by Crippen LogP contribution is -2.31. The van der Waals surface area contributed by atoms with E-state index in [4.69, 9.17) is 16.2 Å². The molecule has 0 aliphatic carbocycles. The Kier molecular flexibility index (Phi) is 8.30. The van der Waals surface area contributed by atoms with E-state index in [1.165, 1.54) is 10.6 Å². The Balaban J connectivity index is 1.93. The monoisotopic (exact) mass is 504 g/mol. The van der Waals surface area contributed by atoms with Crippen LogP contribution in [0.5, 0.6) is 5.75 Å². The first-order valence-corrected chi connectivity index (χ1v) is 10.7. The number of rotatable bonds is 9. The van der Waals surface area contributed by atoms with Gasteiger partial charge in [-0.25, -0.2) is 4.79 Å². The van der Waals surface area contributed by atoms with Gasteiger partial charge in [0.05, 0.1) is 25.1 Å². The van der Waals surface area contributed by atoms with Crippen molar-refractivity contribution in [2.24, 2.45) is 16.5 Å². The number of aromatic nitrogens is 1. The number of carbonyl (C=O) groups is 2. The highest BCUT2D eigenvalue weighted by Gasteiger charge is 2.42. The summed E-state index contributed by atoms with van der Waals surface area (Å²) in [6.07, 6.45) is -5.59. The number of hydrogen-bond acceptors (Lipinski definition) is 6. The van der Waals surface area contributed by atoms with Gasteiger partial charge < -0.3 is 25.5 Å². The van der Waals surface area contributed by atoms with Gasteiger partial charge in [0, 0.05) is 24.6 Å². The SMILES string of the molecule is NC(N)=NCCCOc1ccc2cc(CC(=O)OC(=O)C(F)(F)F)c(=O)n(Cc3ccccc3)c2c1. The van der Waals surface area contributed by atoms with Gasteiger partial charge in [0.15, 0.2) is 5.96 Å². The molecule has 3 rings (SSSR count). The number of pyridine rings is 1. The summed E-state index contributed by atoms with van der Waals surface area (Å²) in [6.45, 7) is 0.807. The molecule has 0 saturated carbocycles. The van der Waals surface area contributed by atoms with Crippen molar-refractivity contribution in [3.8, 4) is 5.75 Å². The van der Waals surface area contributed by atoms with Crippen LogP contribution in [0, 0.1) is 0 Å². The molecule has 0 aliphatic rings. The first-order valence-electron chi connectivity index (χ1n) is 10.7. The van der Waals surface area contributed by atoms with Crippen molar-refractivity contribution in [2.45, 2.75) is 25.6 Å². The maximum atomic E-state index is 13.2. The van der Waals surface area contributed by atoms with Gasteiger partial charge in [0.1, 0.15) is 5.75 Å². The molecule has 9 nitrogen and oxygen atoms in total. The molecule has 0 aliphatic heterocycles. The molecular weight excluding hydrogens is 481 g/mol. The van der Waals surface area contributed by atoms with Crippen molar-refractivity contribution in [3.63, 3.8) is 0 Å². The largest absolute Gasteiger partial charge is 0.493 e. The summed E-state index contributed by atoms with van der Waals surface area (Å²) in [4.78, 5) is 40.1. The predicted octanol–water partition coefficient (Wildman–Crippen LogP) is 2.27. The molecule has 0 amide bonds. The maximum Gasteiger partial charge on any atom is 0.491 e. The molecular formula is C24H23F3N4O5. The van der Waals surface area contributed by atoms with Gasteiger partial charge in [-0.05, 0) is 29.1 Å². The molecule has 1 aromatic heterocycles. The fourth-order valence-corrected chi connectivity index (χ4v) is 3.37. The Morgan fingerprint density at radius 1 is 1.03 bits per heavy atom. The van der Waals surface area contributed by atoms with Gasteiger partial charge in [-0.2, -0.15) is 13.2 Å². The number of fused-ring (bicyclic) bond motifs is 1. The van der Waals surface area contributed by atoms with E-state index in [1.54, 1.807) is 42.5 Å². The third-order valence-electron chi connectivity index (χ3n) is 4.96. The second-order valence-electron chi connectivity index (χ2n) is 7.71. The fraction of sp³-hybridized carbons (Fsp3) is 0.250. The number of halogens is 3. The summed E-state index contributed by atoms with van der Waals surface area (Å²) in [6, 6.07) is 15.3. The van der Waals surface area contributed by atoms with Gasteiger partial charge in [0.2, 0.25) is 0 Å². The molecule has 0 fully saturated rings. The fourth-order valence-electron chi connectivity index (χ4n) is 3.37. The second kappa shape index (κ2) is 11.4. The van der Waals surface area contributed by atoms with Crippen LogP contribution in [-0.4, -0.2) is 41.8 Å². The van der Waals surface area contributed by atoms with Crippen LogP contribution in [0.2, 0.25) is 0 Å². The molecule has 36 heavy (non-hydrogen) atoms. The number of nitrogens with zero attached hydrogens (tertiary/aromatic N) is 2. The van der Waals surface area contributed by atoms with E-state index >= 15 is 0 Å². The summed E-state index contributed by atoms with van der Waals surface area (Å²) < 4.78 is 48.2. The van der Waals surface area contributed by atoms with E-state index in [9.17, 15) is 27.6 Å². The van der Waals surface area contributed by atoms with Crippen LogP contribution in [0.3, 0.4) is 0 Å². The molecule has 2 aromatic carbocycles. The number of alkyl halides is 3. The molecule has 0 saturated heterocycles. The number of benzene rings is 2. The van der Waals surface area contributed by atoms with Gasteiger partial charge in [-0.3, -0.25) is 14.6 Å². The number of hydrogen-bond donors (Lipinski definition) is 2. The van der Waals surface area contributed by atoms with Crippen LogP contribution in [-0.2, 0) is 27.3 Å². The third-order valence-corrected chi connectivity index (χ3v) is 4.96. The lowest BCUT2D eigenvalue weighted by molar-refractivity contribution is -0.201. The lowest BCUT2D eigenvalue weighted by Gasteiger charge is -2.15. The Bertz CT molecular complexity index is 1330. The van der Waals surface area contributed by atoms with Crippen molar-refractivity contribution >= 4 is 28.8 Å². The van der Waals surface area contributed by atoms with E-state index in [0.29, 0.717) is 36.2 Å².